The molecule has 0 atom stereocenters. The van der Waals surface area contributed by atoms with Crippen LogP contribution in [-0.2, 0) is 20.1 Å². The van der Waals surface area contributed by atoms with E-state index in [0.717, 1.165) is 22.0 Å². The number of carbonyl (C=O) groups is 2. The Balaban J connectivity index is 2.02. The number of ether oxygens (including phenoxy) is 2. The van der Waals surface area contributed by atoms with Gasteiger partial charge in [0, 0.05) is 10.6 Å². The van der Waals surface area contributed by atoms with Crippen LogP contribution in [0.4, 0.5) is 5.69 Å². The molecule has 0 saturated carbocycles. The lowest BCUT2D eigenvalue weighted by Crippen LogP contribution is -2.25. The Bertz CT molecular complexity index is 700. The predicted molar refractivity (Wildman–Crippen MR) is 94.3 cm³/mol. The maximum Gasteiger partial charge on any atom is 0.397 e. The van der Waals surface area contributed by atoms with E-state index < -0.39 is 11.9 Å². The lowest BCUT2D eigenvalue weighted by molar-refractivity contribution is -0.152. The second-order valence-corrected chi connectivity index (χ2v) is 5.82. The summed E-state index contributed by atoms with van der Waals surface area (Å²) in [4.78, 5) is 24.1. The topological polar surface area (TPSA) is 64.6 Å². The molecule has 0 aliphatic rings. The number of hydrogen-bond donors (Lipinski definition) is 1. The molecule has 126 valence electrons. The molecule has 2 aromatic rings. The molecule has 1 N–H and O–H groups in total. The Morgan fingerprint density at radius 1 is 1.08 bits per heavy atom. The molecule has 0 saturated heterocycles. The largest absolute Gasteiger partial charge is 0.497 e. The van der Waals surface area contributed by atoms with Gasteiger partial charge in [-0.2, -0.15) is 0 Å². The van der Waals surface area contributed by atoms with Crippen LogP contribution in [0.15, 0.2) is 53.4 Å². The van der Waals surface area contributed by atoms with Crippen molar-refractivity contribution in [3.05, 3.63) is 54.1 Å². The molecule has 0 aliphatic carbocycles. The number of methoxy groups -OCH3 is 1. The molecule has 0 radical (unpaired) electrons. The van der Waals surface area contributed by atoms with Gasteiger partial charge < -0.3 is 14.8 Å². The fourth-order valence-electron chi connectivity index (χ4n) is 1.95. The van der Waals surface area contributed by atoms with Crippen LogP contribution in [-0.4, -0.2) is 25.6 Å². The van der Waals surface area contributed by atoms with Gasteiger partial charge in [0.15, 0.2) is 0 Å². The Labute approximate surface area is 145 Å². The maximum absolute atomic E-state index is 11.8. The van der Waals surface area contributed by atoms with E-state index in [1.807, 2.05) is 36.4 Å². The van der Waals surface area contributed by atoms with E-state index in [1.54, 1.807) is 37.9 Å². The van der Waals surface area contributed by atoms with Crippen molar-refractivity contribution in [3.63, 3.8) is 0 Å². The summed E-state index contributed by atoms with van der Waals surface area (Å²) in [5.74, 6) is -0.108. The quantitative estimate of drug-likeness (QED) is 0.493. The Morgan fingerprint density at radius 3 is 2.46 bits per heavy atom. The van der Waals surface area contributed by atoms with Gasteiger partial charge in [0.05, 0.1) is 19.4 Å². The highest BCUT2D eigenvalue weighted by molar-refractivity contribution is 7.98. The maximum atomic E-state index is 11.8. The van der Waals surface area contributed by atoms with Gasteiger partial charge in [-0.05, 0) is 36.8 Å². The fourth-order valence-corrected chi connectivity index (χ4v) is 2.91. The molecule has 2 rings (SSSR count). The number of rotatable bonds is 6. The van der Waals surface area contributed by atoms with Crippen LogP contribution in [0.3, 0.4) is 0 Å². The number of carbonyl (C=O) groups excluding carboxylic acids is 2. The van der Waals surface area contributed by atoms with Crippen molar-refractivity contribution in [1.29, 1.82) is 0 Å². The van der Waals surface area contributed by atoms with Crippen LogP contribution in [0.5, 0.6) is 5.75 Å². The van der Waals surface area contributed by atoms with E-state index >= 15 is 0 Å². The zero-order valence-corrected chi connectivity index (χ0v) is 14.4. The summed E-state index contributed by atoms with van der Waals surface area (Å²) in [7, 11) is 1.63. The highest BCUT2D eigenvalue weighted by atomic mass is 32.2. The molecule has 2 aromatic carbocycles. The third kappa shape index (κ3) is 5.03. The van der Waals surface area contributed by atoms with Gasteiger partial charge in [-0.15, -0.1) is 11.8 Å². The summed E-state index contributed by atoms with van der Waals surface area (Å²) in [5.41, 5.74) is 1.72. The third-order valence-electron chi connectivity index (χ3n) is 3.15. The predicted octanol–water partition coefficient (Wildman–Crippen LogP) is 3.49. The Hall–Kier alpha value is -2.47. The molecule has 5 nitrogen and oxygen atoms in total. The molecule has 0 heterocycles. The van der Waals surface area contributed by atoms with Crippen molar-refractivity contribution in [1.82, 2.24) is 0 Å². The third-order valence-corrected chi connectivity index (χ3v) is 4.29. The van der Waals surface area contributed by atoms with Crippen LogP contribution in [0, 0.1) is 0 Å². The van der Waals surface area contributed by atoms with Gasteiger partial charge in [-0.1, -0.05) is 24.3 Å². The van der Waals surface area contributed by atoms with E-state index in [9.17, 15) is 9.59 Å². The van der Waals surface area contributed by atoms with E-state index in [0.29, 0.717) is 5.69 Å². The molecule has 0 spiro atoms. The van der Waals surface area contributed by atoms with Crippen molar-refractivity contribution in [2.45, 2.75) is 17.6 Å². The molecular weight excluding hydrogens is 326 g/mol. The zero-order chi connectivity index (χ0) is 17.4. The number of esters is 1. The molecular formula is C18H19NO4S. The second kappa shape index (κ2) is 8.98. The fraction of sp³-hybridized carbons (Fsp3) is 0.222. The summed E-state index contributed by atoms with van der Waals surface area (Å²) in [6.45, 7) is 1.82. The van der Waals surface area contributed by atoms with Crippen molar-refractivity contribution in [2.75, 3.05) is 19.0 Å². The van der Waals surface area contributed by atoms with Gasteiger partial charge in [-0.25, -0.2) is 4.79 Å². The van der Waals surface area contributed by atoms with Crippen LogP contribution >= 0.6 is 11.8 Å². The second-order valence-electron chi connectivity index (χ2n) is 4.81. The van der Waals surface area contributed by atoms with Gasteiger partial charge in [0.25, 0.3) is 0 Å². The van der Waals surface area contributed by atoms with Crippen LogP contribution in [0.25, 0.3) is 0 Å². The minimum absolute atomic E-state index is 0.167. The zero-order valence-electron chi connectivity index (χ0n) is 13.6. The van der Waals surface area contributed by atoms with Crippen molar-refractivity contribution >= 4 is 29.3 Å². The number of anilines is 1. The van der Waals surface area contributed by atoms with Crippen LogP contribution < -0.4 is 10.1 Å². The molecule has 1 amide bonds. The molecule has 24 heavy (non-hydrogen) atoms. The van der Waals surface area contributed by atoms with Gasteiger partial charge in [0.1, 0.15) is 5.75 Å². The first-order valence-electron chi connectivity index (χ1n) is 7.47. The van der Waals surface area contributed by atoms with E-state index in [1.165, 1.54) is 0 Å². The Kier molecular flexibility index (Phi) is 6.69. The SMILES string of the molecule is CCOC(=O)C(=O)Nc1ccccc1SCc1ccc(OC)cc1. The first kappa shape index (κ1) is 17.9. The molecule has 6 heteroatoms. The Morgan fingerprint density at radius 2 is 1.79 bits per heavy atom. The highest BCUT2D eigenvalue weighted by Gasteiger charge is 2.16. The van der Waals surface area contributed by atoms with Gasteiger partial charge in [-0.3, -0.25) is 4.79 Å². The van der Waals surface area contributed by atoms with E-state index in [-0.39, 0.29) is 6.61 Å². The van der Waals surface area contributed by atoms with Crippen molar-refractivity contribution in [3.8, 4) is 5.75 Å². The van der Waals surface area contributed by atoms with E-state index in [2.05, 4.69) is 5.32 Å². The normalized spacial score (nSPS) is 10.1. The molecule has 0 aliphatic heterocycles. The van der Waals surface area contributed by atoms with E-state index in [4.69, 9.17) is 9.47 Å². The standard InChI is InChI=1S/C18H19NO4S/c1-3-23-18(21)17(20)19-15-6-4-5-7-16(15)24-12-13-8-10-14(22-2)11-9-13/h4-11H,3,12H2,1-2H3,(H,19,20). The first-order valence-corrected chi connectivity index (χ1v) is 8.45. The lowest BCUT2D eigenvalue weighted by Gasteiger charge is -2.10. The summed E-state index contributed by atoms with van der Waals surface area (Å²) in [6, 6.07) is 15.1. The molecule has 0 unspecified atom stereocenters. The smallest absolute Gasteiger partial charge is 0.397 e. The summed E-state index contributed by atoms with van der Waals surface area (Å²) in [6.07, 6.45) is 0. The number of para-hydroxylation sites is 1. The number of benzene rings is 2. The van der Waals surface area contributed by atoms with Gasteiger partial charge >= 0.3 is 11.9 Å². The average molecular weight is 345 g/mol. The minimum Gasteiger partial charge on any atom is -0.497 e. The molecule has 0 bridgehead atoms. The van der Waals surface area contributed by atoms with Crippen LogP contribution in [0.2, 0.25) is 0 Å². The average Bonchev–Trinajstić information content (AvgIpc) is 2.61. The van der Waals surface area contributed by atoms with Crippen molar-refractivity contribution in [2.24, 2.45) is 0 Å². The first-order chi connectivity index (χ1) is 11.6. The number of thioether (sulfide) groups is 1. The van der Waals surface area contributed by atoms with Crippen LogP contribution in [0.1, 0.15) is 12.5 Å². The molecule has 0 aromatic heterocycles. The van der Waals surface area contributed by atoms with Gasteiger partial charge in [0.2, 0.25) is 0 Å². The highest BCUT2D eigenvalue weighted by Crippen LogP contribution is 2.30. The van der Waals surface area contributed by atoms with Crippen molar-refractivity contribution < 1.29 is 19.1 Å². The minimum atomic E-state index is -0.882. The summed E-state index contributed by atoms with van der Waals surface area (Å²) in [5, 5.41) is 2.60. The monoisotopic (exact) mass is 345 g/mol. The summed E-state index contributed by atoms with van der Waals surface area (Å²) >= 11 is 1.57. The summed E-state index contributed by atoms with van der Waals surface area (Å²) < 4.78 is 9.84. The number of amides is 1. The number of nitrogens with one attached hydrogen (secondary N) is 1. The number of hydrogen-bond acceptors (Lipinski definition) is 5. The molecule has 0 fully saturated rings. The lowest BCUT2D eigenvalue weighted by atomic mass is 10.2.